The summed E-state index contributed by atoms with van der Waals surface area (Å²) >= 11 is -0.679. The molecule has 0 spiro atoms. The van der Waals surface area contributed by atoms with Gasteiger partial charge in [-0.3, -0.25) is 6.08 Å². The maximum atomic E-state index is 2.99. The Balaban J connectivity index is 0.000000167. The Morgan fingerprint density at radius 1 is 0.527 bits per heavy atom. The van der Waals surface area contributed by atoms with Crippen LogP contribution in [0.1, 0.15) is 81.3 Å². The Labute approximate surface area is 341 Å². The molecule has 0 heterocycles. The van der Waals surface area contributed by atoms with Crippen molar-refractivity contribution in [1.82, 2.24) is 0 Å². The molecule has 0 fully saturated rings. The van der Waals surface area contributed by atoms with E-state index in [4.69, 9.17) is 0 Å². The van der Waals surface area contributed by atoms with E-state index >= 15 is 0 Å². The number of benzene rings is 6. The van der Waals surface area contributed by atoms with Gasteiger partial charge in [0.15, 0.2) is 0 Å². The summed E-state index contributed by atoms with van der Waals surface area (Å²) in [7, 11) is 0. The van der Waals surface area contributed by atoms with Crippen LogP contribution in [-0.2, 0) is 33.1 Å². The topological polar surface area (TPSA) is 0 Å². The van der Waals surface area contributed by atoms with Crippen molar-refractivity contribution < 1.29 is 22.3 Å². The van der Waals surface area contributed by atoms with E-state index in [2.05, 4.69) is 214 Å². The molecule has 0 amide bonds. The molecular formula is C54H54Zr-2. The molecule has 0 radical (unpaired) electrons. The SMILES string of the molecule is Cc1cc2[cH-]c3cc(C)c(C(C)(C)C)cc3c2cc1C(C)(C)C.[C-]1=CC=CC1.[CH](=[Zr]=[CH]c1ccc(-c2ccccc2)cc1)c1ccc(-c2ccccc2)cc1. The first-order valence-corrected chi connectivity index (χ1v) is 22.3. The van der Waals surface area contributed by atoms with Gasteiger partial charge in [-0.15, -0.1) is 46.2 Å². The molecule has 0 saturated heterocycles. The standard InChI is InChI=1S/C23H29.2C13H10.C5H5.Zr/c1-14-9-16-11-17-10-15(2)21(23(6,7)8)13-19(17)18(16)12-20(14)22(3,4)5;2*1-11-7-9-13(10-8-11)12-5-3-2-4-6-12;1-2-4-5-3-1;/h9-13H,1-8H3;2*1-10H;1-3H,4H2;/q-1;;;-1;. The van der Waals surface area contributed by atoms with Gasteiger partial charge >= 0.3 is 172 Å². The van der Waals surface area contributed by atoms with Crippen LogP contribution in [0.4, 0.5) is 0 Å². The van der Waals surface area contributed by atoms with E-state index in [-0.39, 0.29) is 10.8 Å². The van der Waals surface area contributed by atoms with E-state index in [1.807, 2.05) is 12.2 Å². The van der Waals surface area contributed by atoms with Crippen molar-refractivity contribution >= 4 is 29.0 Å². The predicted molar refractivity (Wildman–Crippen MR) is 240 cm³/mol. The summed E-state index contributed by atoms with van der Waals surface area (Å²) in [5, 5.41) is 5.55. The van der Waals surface area contributed by atoms with Gasteiger partial charge in [0.25, 0.3) is 0 Å². The number of allylic oxidation sites excluding steroid dienone is 4. The normalized spacial score (nSPS) is 12.1. The van der Waals surface area contributed by atoms with Gasteiger partial charge in [-0.05, 0) is 24.7 Å². The molecule has 276 valence electrons. The van der Waals surface area contributed by atoms with Crippen molar-refractivity contribution in [2.24, 2.45) is 0 Å². The first-order valence-electron chi connectivity index (χ1n) is 19.5. The van der Waals surface area contributed by atoms with Crippen molar-refractivity contribution in [3.05, 3.63) is 197 Å². The summed E-state index contributed by atoms with van der Waals surface area (Å²) in [6.45, 7) is 18.3. The summed E-state index contributed by atoms with van der Waals surface area (Å²) < 4.78 is 4.87. The third-order valence-corrected chi connectivity index (χ3v) is 12.6. The van der Waals surface area contributed by atoms with Crippen LogP contribution >= 0.6 is 0 Å². The fraction of sp³-hybridized carbons (Fsp3) is 0.204. The van der Waals surface area contributed by atoms with Gasteiger partial charge < -0.3 is 0 Å². The van der Waals surface area contributed by atoms with Gasteiger partial charge in [0.2, 0.25) is 0 Å². The molecule has 0 bridgehead atoms. The van der Waals surface area contributed by atoms with Crippen molar-refractivity contribution in [2.45, 2.75) is 72.6 Å². The quantitative estimate of drug-likeness (QED) is 0.156. The molecule has 0 atom stereocenters. The molecule has 0 nitrogen and oxygen atoms in total. The Morgan fingerprint density at radius 2 is 0.927 bits per heavy atom. The number of fused-ring (bicyclic) bond motifs is 3. The van der Waals surface area contributed by atoms with Crippen molar-refractivity contribution in [2.75, 3.05) is 0 Å². The van der Waals surface area contributed by atoms with Crippen molar-refractivity contribution in [1.29, 1.82) is 0 Å². The van der Waals surface area contributed by atoms with E-state index in [0.29, 0.717) is 0 Å². The van der Waals surface area contributed by atoms with Crippen LogP contribution in [0.5, 0.6) is 0 Å². The summed E-state index contributed by atoms with van der Waals surface area (Å²) in [6, 6.07) is 50.8. The molecule has 7 aromatic carbocycles. The second kappa shape index (κ2) is 17.8. The zero-order valence-electron chi connectivity index (χ0n) is 33.9. The first-order chi connectivity index (χ1) is 26.4. The van der Waals surface area contributed by atoms with Gasteiger partial charge in [-0.2, -0.15) is 6.08 Å². The molecule has 0 aromatic heterocycles. The van der Waals surface area contributed by atoms with Gasteiger partial charge in [-0.25, -0.2) is 12.2 Å². The zero-order chi connectivity index (χ0) is 39.0. The van der Waals surface area contributed by atoms with Crippen molar-refractivity contribution in [3.63, 3.8) is 0 Å². The third kappa shape index (κ3) is 10.5. The van der Waals surface area contributed by atoms with Crippen LogP contribution in [-0.4, -0.2) is 7.42 Å². The minimum absolute atomic E-state index is 0.180. The van der Waals surface area contributed by atoms with Gasteiger partial charge in [0.05, 0.1) is 0 Å². The van der Waals surface area contributed by atoms with Crippen LogP contribution in [0, 0.1) is 19.9 Å². The number of hydrogen-bond donors (Lipinski definition) is 0. The molecule has 55 heavy (non-hydrogen) atoms. The molecule has 1 aliphatic rings. The Morgan fingerprint density at radius 3 is 1.25 bits per heavy atom. The Hall–Kier alpha value is -4.71. The van der Waals surface area contributed by atoms with Gasteiger partial charge in [0.1, 0.15) is 0 Å². The Kier molecular flexibility index (Phi) is 13.0. The zero-order valence-corrected chi connectivity index (χ0v) is 36.3. The van der Waals surface area contributed by atoms with Crippen LogP contribution in [0.3, 0.4) is 0 Å². The van der Waals surface area contributed by atoms with Crippen LogP contribution < -0.4 is 0 Å². The number of aryl methyl sites for hydroxylation is 2. The molecule has 7 aromatic rings. The summed E-state index contributed by atoms with van der Waals surface area (Å²) in [5.41, 5.74) is 13.8. The second-order valence-corrected chi connectivity index (χ2v) is 18.8. The monoisotopic (exact) mass is 792 g/mol. The summed E-state index contributed by atoms with van der Waals surface area (Å²) in [4.78, 5) is 0. The van der Waals surface area contributed by atoms with Crippen molar-refractivity contribution in [3.8, 4) is 22.3 Å². The van der Waals surface area contributed by atoms with Crippen LogP contribution in [0.2, 0.25) is 0 Å². The first kappa shape index (κ1) is 40.0. The van der Waals surface area contributed by atoms with E-state index in [0.717, 1.165) is 6.42 Å². The molecule has 1 heteroatoms. The fourth-order valence-corrected chi connectivity index (χ4v) is 9.43. The average Bonchev–Trinajstić information content (AvgIpc) is 3.87. The average molecular weight is 794 g/mol. The molecule has 8 rings (SSSR count). The van der Waals surface area contributed by atoms with E-state index in [1.54, 1.807) is 0 Å². The Bertz CT molecular complexity index is 2300. The third-order valence-electron chi connectivity index (χ3n) is 10.1. The van der Waals surface area contributed by atoms with Crippen LogP contribution in [0.25, 0.3) is 43.8 Å². The summed E-state index contributed by atoms with van der Waals surface area (Å²) in [5.74, 6) is 0. The molecule has 0 aliphatic heterocycles. The van der Waals surface area contributed by atoms with Gasteiger partial charge in [0, 0.05) is 0 Å². The number of rotatable bonds is 4. The molecule has 1 aliphatic carbocycles. The predicted octanol–water partition coefficient (Wildman–Crippen LogP) is 14.3. The van der Waals surface area contributed by atoms with E-state index in [9.17, 15) is 0 Å². The minimum atomic E-state index is -0.679. The van der Waals surface area contributed by atoms with Gasteiger partial charge in [-0.1, -0.05) is 75.9 Å². The second-order valence-electron chi connectivity index (χ2n) is 16.6. The summed E-state index contributed by atoms with van der Waals surface area (Å²) in [6.07, 6.45) is 10.0. The molecular weight excluding hydrogens is 740 g/mol. The fourth-order valence-electron chi connectivity index (χ4n) is 7.33. The molecule has 0 unspecified atom stereocenters. The maximum absolute atomic E-state index is 2.99. The van der Waals surface area contributed by atoms with E-state index in [1.165, 1.54) is 77.2 Å². The number of hydrogen-bond acceptors (Lipinski definition) is 0. The molecule has 0 N–H and O–H groups in total. The molecule has 0 saturated carbocycles. The van der Waals surface area contributed by atoms with E-state index < -0.39 is 22.3 Å². The van der Waals surface area contributed by atoms with Crippen LogP contribution in [0.15, 0.2) is 158 Å².